The van der Waals surface area contributed by atoms with Gasteiger partial charge >= 0.3 is 6.18 Å². The van der Waals surface area contributed by atoms with Crippen LogP contribution in [0.2, 0.25) is 5.02 Å². The number of anilines is 2. The van der Waals surface area contributed by atoms with Crippen LogP contribution in [0.3, 0.4) is 0 Å². The highest BCUT2D eigenvalue weighted by Gasteiger charge is 2.38. The van der Waals surface area contributed by atoms with E-state index in [0.29, 0.717) is 16.3 Å². The van der Waals surface area contributed by atoms with Gasteiger partial charge in [0.2, 0.25) is 11.8 Å². The first-order valence-electron chi connectivity index (χ1n) is 8.21. The van der Waals surface area contributed by atoms with Crippen molar-refractivity contribution in [3.8, 4) is 0 Å². The zero-order valence-corrected chi connectivity index (χ0v) is 15.1. The van der Waals surface area contributed by atoms with E-state index in [4.69, 9.17) is 11.6 Å². The molecule has 0 bridgehead atoms. The lowest BCUT2D eigenvalue weighted by Gasteiger charge is -2.20. The topological polar surface area (TPSA) is 49.4 Å². The van der Waals surface area contributed by atoms with E-state index in [-0.39, 0.29) is 24.6 Å². The number of hydrogen-bond donors (Lipinski definition) is 1. The molecule has 2 aromatic rings. The average molecular weight is 397 g/mol. The molecule has 1 aliphatic heterocycles. The Bertz CT molecular complexity index is 899. The van der Waals surface area contributed by atoms with Crippen molar-refractivity contribution in [2.45, 2.75) is 19.5 Å². The largest absolute Gasteiger partial charge is 0.418 e. The molecule has 1 N–H and O–H groups in total. The summed E-state index contributed by atoms with van der Waals surface area (Å²) >= 11 is 6.08. The van der Waals surface area contributed by atoms with E-state index in [9.17, 15) is 22.8 Å². The minimum atomic E-state index is -4.58. The maximum atomic E-state index is 13.1. The summed E-state index contributed by atoms with van der Waals surface area (Å²) in [7, 11) is 0. The summed E-state index contributed by atoms with van der Waals surface area (Å²) in [5.74, 6) is -1.65. The zero-order valence-electron chi connectivity index (χ0n) is 14.3. The van der Waals surface area contributed by atoms with Crippen LogP contribution in [0.4, 0.5) is 24.5 Å². The van der Waals surface area contributed by atoms with E-state index < -0.39 is 23.6 Å². The van der Waals surface area contributed by atoms with Gasteiger partial charge in [0.25, 0.3) is 0 Å². The lowest BCUT2D eigenvalue weighted by molar-refractivity contribution is -0.137. The molecule has 0 saturated carbocycles. The number of carbonyl (C=O) groups excluding carboxylic acids is 2. The molecule has 8 heteroatoms. The van der Waals surface area contributed by atoms with Crippen molar-refractivity contribution >= 4 is 34.8 Å². The third-order valence-electron chi connectivity index (χ3n) is 4.52. The standard InChI is InChI=1S/C19H16ClF3N2O2/c1-11-14(20)6-4-8-16(11)25-10-12(9-17(25)26)18(27)24-15-7-3-2-5-13(15)19(21,22)23/h2-8,12H,9-10H2,1H3,(H,24,27). The van der Waals surface area contributed by atoms with E-state index in [0.717, 1.165) is 6.07 Å². The minimum Gasteiger partial charge on any atom is -0.325 e. The van der Waals surface area contributed by atoms with Crippen LogP contribution in [-0.4, -0.2) is 18.4 Å². The maximum absolute atomic E-state index is 13.1. The lowest BCUT2D eigenvalue weighted by atomic mass is 10.1. The lowest BCUT2D eigenvalue weighted by Crippen LogP contribution is -2.29. The van der Waals surface area contributed by atoms with Crippen LogP contribution in [0, 0.1) is 12.8 Å². The molecule has 2 amide bonds. The Morgan fingerprint density at radius 1 is 1.19 bits per heavy atom. The van der Waals surface area contributed by atoms with E-state index >= 15 is 0 Å². The molecule has 1 fully saturated rings. The van der Waals surface area contributed by atoms with Gasteiger partial charge in [0.05, 0.1) is 17.2 Å². The predicted molar refractivity (Wildman–Crippen MR) is 96.7 cm³/mol. The van der Waals surface area contributed by atoms with Crippen molar-refractivity contribution in [2.24, 2.45) is 5.92 Å². The van der Waals surface area contributed by atoms with Gasteiger partial charge in [-0.05, 0) is 36.8 Å². The molecular formula is C19H16ClF3N2O2. The Morgan fingerprint density at radius 2 is 1.89 bits per heavy atom. The Kier molecular flexibility index (Phi) is 5.15. The molecule has 1 unspecified atom stereocenters. The quantitative estimate of drug-likeness (QED) is 0.820. The van der Waals surface area contributed by atoms with Crippen LogP contribution in [0.25, 0.3) is 0 Å². The molecule has 4 nitrogen and oxygen atoms in total. The Balaban J connectivity index is 1.78. The first kappa shape index (κ1) is 19.2. The van der Waals surface area contributed by atoms with Crippen LogP contribution in [0.5, 0.6) is 0 Å². The van der Waals surface area contributed by atoms with E-state index in [1.807, 2.05) is 0 Å². The molecular weight excluding hydrogens is 381 g/mol. The second-order valence-electron chi connectivity index (χ2n) is 6.32. The summed E-state index contributed by atoms with van der Waals surface area (Å²) in [6.07, 6.45) is -4.66. The summed E-state index contributed by atoms with van der Waals surface area (Å²) in [5, 5.41) is 2.81. The van der Waals surface area contributed by atoms with Crippen molar-refractivity contribution in [3.05, 3.63) is 58.6 Å². The normalized spacial score (nSPS) is 17.3. The molecule has 1 heterocycles. The number of nitrogens with zero attached hydrogens (tertiary/aromatic N) is 1. The van der Waals surface area contributed by atoms with Crippen molar-refractivity contribution < 1.29 is 22.8 Å². The molecule has 3 rings (SSSR count). The van der Waals surface area contributed by atoms with Gasteiger partial charge in [-0.1, -0.05) is 29.8 Å². The van der Waals surface area contributed by atoms with E-state index in [1.165, 1.54) is 23.1 Å². The number of nitrogens with one attached hydrogen (secondary N) is 1. The SMILES string of the molecule is Cc1c(Cl)cccc1N1CC(C(=O)Nc2ccccc2C(F)(F)F)CC1=O. The molecule has 0 aromatic heterocycles. The molecule has 1 atom stereocenters. The molecule has 142 valence electrons. The van der Waals surface area contributed by atoms with Crippen LogP contribution < -0.4 is 10.2 Å². The van der Waals surface area contributed by atoms with Gasteiger partial charge in [-0.25, -0.2) is 0 Å². The Hall–Kier alpha value is -2.54. The van der Waals surface area contributed by atoms with E-state index in [1.54, 1.807) is 25.1 Å². The van der Waals surface area contributed by atoms with E-state index in [2.05, 4.69) is 5.32 Å². The first-order chi connectivity index (χ1) is 12.7. The Labute approximate surface area is 158 Å². The van der Waals surface area contributed by atoms with Gasteiger partial charge in [0.15, 0.2) is 0 Å². The minimum absolute atomic E-state index is 0.0774. The number of carbonyl (C=O) groups is 2. The average Bonchev–Trinajstić information content (AvgIpc) is 2.99. The van der Waals surface area contributed by atoms with Crippen LogP contribution in [0.1, 0.15) is 17.5 Å². The highest BCUT2D eigenvalue weighted by atomic mass is 35.5. The van der Waals surface area contributed by atoms with Crippen molar-refractivity contribution in [1.29, 1.82) is 0 Å². The van der Waals surface area contributed by atoms with Crippen LogP contribution >= 0.6 is 11.6 Å². The second-order valence-corrected chi connectivity index (χ2v) is 6.73. The van der Waals surface area contributed by atoms with Gasteiger partial charge in [-0.2, -0.15) is 13.2 Å². The van der Waals surface area contributed by atoms with Gasteiger partial charge in [-0.15, -0.1) is 0 Å². The highest BCUT2D eigenvalue weighted by Crippen LogP contribution is 2.36. The summed E-state index contributed by atoms with van der Waals surface area (Å²) in [4.78, 5) is 26.3. The second kappa shape index (κ2) is 7.23. The summed E-state index contributed by atoms with van der Waals surface area (Å²) in [5.41, 5.74) is 0.0551. The molecule has 0 aliphatic carbocycles. The number of alkyl halides is 3. The third kappa shape index (κ3) is 3.93. The van der Waals surface area contributed by atoms with Crippen molar-refractivity contribution in [2.75, 3.05) is 16.8 Å². The molecule has 1 aliphatic rings. The summed E-state index contributed by atoms with van der Waals surface area (Å²) < 4.78 is 39.2. The van der Waals surface area contributed by atoms with Gasteiger partial charge in [0, 0.05) is 23.7 Å². The molecule has 2 aromatic carbocycles. The highest BCUT2D eigenvalue weighted by molar-refractivity contribution is 6.31. The molecule has 27 heavy (non-hydrogen) atoms. The number of hydrogen-bond acceptors (Lipinski definition) is 2. The smallest absolute Gasteiger partial charge is 0.325 e. The summed E-state index contributed by atoms with van der Waals surface area (Å²) in [6.45, 7) is 1.85. The Morgan fingerprint density at radius 3 is 2.59 bits per heavy atom. The fourth-order valence-electron chi connectivity index (χ4n) is 3.08. The van der Waals surface area contributed by atoms with Gasteiger partial charge in [-0.3, -0.25) is 9.59 Å². The molecule has 0 radical (unpaired) electrons. The van der Waals surface area contributed by atoms with Gasteiger partial charge < -0.3 is 10.2 Å². The zero-order chi connectivity index (χ0) is 19.8. The maximum Gasteiger partial charge on any atom is 0.418 e. The van der Waals surface area contributed by atoms with Crippen LogP contribution in [-0.2, 0) is 15.8 Å². The fourth-order valence-corrected chi connectivity index (χ4v) is 3.25. The number of amides is 2. The first-order valence-corrected chi connectivity index (χ1v) is 8.59. The van der Waals surface area contributed by atoms with Crippen LogP contribution in [0.15, 0.2) is 42.5 Å². The fraction of sp³-hybridized carbons (Fsp3) is 0.263. The monoisotopic (exact) mass is 396 g/mol. The molecule has 0 spiro atoms. The van der Waals surface area contributed by atoms with Crippen molar-refractivity contribution in [1.82, 2.24) is 0 Å². The van der Waals surface area contributed by atoms with Gasteiger partial charge in [0.1, 0.15) is 0 Å². The number of benzene rings is 2. The number of halogens is 4. The molecule has 1 saturated heterocycles. The number of rotatable bonds is 3. The number of para-hydroxylation sites is 1. The van der Waals surface area contributed by atoms with Crippen molar-refractivity contribution in [3.63, 3.8) is 0 Å². The predicted octanol–water partition coefficient (Wildman–Crippen LogP) is 4.66. The summed E-state index contributed by atoms with van der Waals surface area (Å²) in [6, 6.07) is 9.86. The third-order valence-corrected chi connectivity index (χ3v) is 4.93.